The first-order valence-corrected chi connectivity index (χ1v) is 5.94. The third-order valence-corrected chi connectivity index (χ3v) is 3.03. The zero-order chi connectivity index (χ0) is 11.5. The molecule has 4 nitrogen and oxygen atoms in total. The lowest BCUT2D eigenvalue weighted by Crippen LogP contribution is -2.26. The highest BCUT2D eigenvalue weighted by atomic mass is 16.1. The molecule has 88 valence electrons. The molecule has 4 heteroatoms. The topological polar surface area (TPSA) is 60.0 Å². The summed E-state index contributed by atoms with van der Waals surface area (Å²) in [6.07, 6.45) is 5.56. The zero-order valence-electron chi connectivity index (χ0n) is 9.70. The van der Waals surface area contributed by atoms with E-state index in [0.717, 1.165) is 25.4 Å². The van der Waals surface area contributed by atoms with Gasteiger partial charge in [-0.05, 0) is 25.3 Å². The largest absolute Gasteiger partial charge is 0.397 e. The summed E-state index contributed by atoms with van der Waals surface area (Å²) in [5, 5.41) is 2.94. The van der Waals surface area contributed by atoms with Crippen LogP contribution in [0.1, 0.15) is 36.7 Å². The number of aromatic nitrogens is 1. The lowest BCUT2D eigenvalue weighted by molar-refractivity contribution is 0.0943. The number of hydrogen-bond donors (Lipinski definition) is 2. The SMILES string of the molecule is CCn1cc(N)cc1C(=O)NCCC1CC1. The van der Waals surface area contributed by atoms with Gasteiger partial charge in [0.15, 0.2) is 0 Å². The molecule has 1 fully saturated rings. The van der Waals surface area contributed by atoms with Crippen LogP contribution >= 0.6 is 0 Å². The number of nitrogens with zero attached hydrogens (tertiary/aromatic N) is 1. The van der Waals surface area contributed by atoms with Gasteiger partial charge >= 0.3 is 0 Å². The van der Waals surface area contributed by atoms with Gasteiger partial charge in [0.05, 0.1) is 5.69 Å². The molecule has 1 heterocycles. The Kier molecular flexibility index (Phi) is 3.17. The molecule has 0 aliphatic heterocycles. The lowest BCUT2D eigenvalue weighted by Gasteiger charge is -2.06. The van der Waals surface area contributed by atoms with Gasteiger partial charge in [-0.3, -0.25) is 4.79 Å². The number of nitrogens with one attached hydrogen (secondary N) is 1. The molecule has 3 N–H and O–H groups in total. The van der Waals surface area contributed by atoms with Gasteiger partial charge < -0.3 is 15.6 Å². The van der Waals surface area contributed by atoms with Crippen molar-refractivity contribution in [2.45, 2.75) is 32.7 Å². The fourth-order valence-electron chi connectivity index (χ4n) is 1.87. The van der Waals surface area contributed by atoms with Gasteiger partial charge in [-0.25, -0.2) is 0 Å². The number of amides is 1. The first-order valence-electron chi connectivity index (χ1n) is 5.94. The van der Waals surface area contributed by atoms with E-state index < -0.39 is 0 Å². The molecule has 0 unspecified atom stereocenters. The number of nitrogen functional groups attached to an aromatic ring is 1. The number of carbonyl (C=O) groups is 1. The van der Waals surface area contributed by atoms with E-state index in [-0.39, 0.29) is 5.91 Å². The maximum atomic E-state index is 11.9. The van der Waals surface area contributed by atoms with Crippen LogP contribution in [0.2, 0.25) is 0 Å². The van der Waals surface area contributed by atoms with Gasteiger partial charge in [-0.1, -0.05) is 12.8 Å². The summed E-state index contributed by atoms with van der Waals surface area (Å²) in [6.45, 7) is 3.54. The number of anilines is 1. The van der Waals surface area contributed by atoms with Crippen molar-refractivity contribution in [3.8, 4) is 0 Å². The van der Waals surface area contributed by atoms with E-state index in [4.69, 9.17) is 5.73 Å². The molecule has 1 aliphatic rings. The molecule has 2 rings (SSSR count). The fourth-order valence-corrected chi connectivity index (χ4v) is 1.87. The van der Waals surface area contributed by atoms with E-state index in [9.17, 15) is 4.79 Å². The Labute approximate surface area is 95.8 Å². The van der Waals surface area contributed by atoms with Gasteiger partial charge in [-0.2, -0.15) is 0 Å². The van der Waals surface area contributed by atoms with Crippen molar-refractivity contribution < 1.29 is 4.79 Å². The first kappa shape index (κ1) is 11.0. The van der Waals surface area contributed by atoms with Gasteiger partial charge in [0.25, 0.3) is 5.91 Å². The Hall–Kier alpha value is -1.45. The van der Waals surface area contributed by atoms with Crippen molar-refractivity contribution in [2.75, 3.05) is 12.3 Å². The molecule has 0 radical (unpaired) electrons. The molecule has 0 bridgehead atoms. The summed E-state index contributed by atoms with van der Waals surface area (Å²) >= 11 is 0. The van der Waals surface area contributed by atoms with Crippen molar-refractivity contribution in [3.05, 3.63) is 18.0 Å². The molecular weight excluding hydrogens is 202 g/mol. The van der Waals surface area contributed by atoms with Crippen LogP contribution in [0.3, 0.4) is 0 Å². The monoisotopic (exact) mass is 221 g/mol. The highest BCUT2D eigenvalue weighted by Crippen LogP contribution is 2.31. The fraction of sp³-hybridized carbons (Fsp3) is 0.583. The first-order chi connectivity index (χ1) is 7.70. The summed E-state index contributed by atoms with van der Waals surface area (Å²) in [5.74, 6) is 0.836. The molecule has 1 aromatic rings. The number of rotatable bonds is 5. The number of aryl methyl sites for hydroxylation is 1. The van der Waals surface area contributed by atoms with Crippen LogP contribution < -0.4 is 11.1 Å². The second-order valence-corrected chi connectivity index (χ2v) is 4.43. The normalized spacial score (nSPS) is 15.1. The minimum Gasteiger partial charge on any atom is -0.397 e. The van der Waals surface area contributed by atoms with Gasteiger partial charge in [-0.15, -0.1) is 0 Å². The van der Waals surface area contributed by atoms with Crippen molar-refractivity contribution >= 4 is 11.6 Å². The van der Waals surface area contributed by atoms with Gasteiger partial charge in [0, 0.05) is 19.3 Å². The van der Waals surface area contributed by atoms with E-state index in [1.54, 1.807) is 12.3 Å². The summed E-state index contributed by atoms with van der Waals surface area (Å²) in [6, 6.07) is 1.73. The average Bonchev–Trinajstić information content (AvgIpc) is 3.00. The Morgan fingerprint density at radius 3 is 3.00 bits per heavy atom. The van der Waals surface area contributed by atoms with Crippen LogP contribution in [0.4, 0.5) is 5.69 Å². The Morgan fingerprint density at radius 1 is 1.62 bits per heavy atom. The van der Waals surface area contributed by atoms with E-state index in [0.29, 0.717) is 11.4 Å². The minimum atomic E-state index is -0.0146. The molecule has 1 amide bonds. The third-order valence-electron chi connectivity index (χ3n) is 3.03. The van der Waals surface area contributed by atoms with Crippen LogP contribution in [0.5, 0.6) is 0 Å². The second kappa shape index (κ2) is 4.60. The average molecular weight is 221 g/mol. The standard InChI is InChI=1S/C12H19N3O/c1-2-15-8-10(13)7-11(15)12(16)14-6-5-9-3-4-9/h7-9H,2-6,13H2,1H3,(H,14,16). The molecular formula is C12H19N3O. The number of hydrogen-bond acceptors (Lipinski definition) is 2. The molecule has 0 atom stereocenters. The second-order valence-electron chi connectivity index (χ2n) is 4.43. The summed E-state index contributed by atoms with van der Waals surface area (Å²) in [7, 11) is 0. The molecule has 0 saturated heterocycles. The molecule has 1 saturated carbocycles. The van der Waals surface area contributed by atoms with Crippen LogP contribution in [0.15, 0.2) is 12.3 Å². The van der Waals surface area contributed by atoms with Gasteiger partial charge in [0.1, 0.15) is 5.69 Å². The van der Waals surface area contributed by atoms with E-state index in [2.05, 4.69) is 5.32 Å². The minimum absolute atomic E-state index is 0.0146. The molecule has 0 aromatic carbocycles. The Balaban J connectivity index is 1.90. The van der Waals surface area contributed by atoms with Crippen molar-refractivity contribution in [2.24, 2.45) is 5.92 Å². The molecule has 16 heavy (non-hydrogen) atoms. The van der Waals surface area contributed by atoms with Crippen molar-refractivity contribution in [1.29, 1.82) is 0 Å². The van der Waals surface area contributed by atoms with Crippen LogP contribution in [0, 0.1) is 5.92 Å². The van der Waals surface area contributed by atoms with Gasteiger partial charge in [0.2, 0.25) is 0 Å². The summed E-state index contributed by atoms with van der Waals surface area (Å²) in [4.78, 5) is 11.9. The predicted octanol–water partition coefficient (Wildman–Crippen LogP) is 1.62. The van der Waals surface area contributed by atoms with Crippen molar-refractivity contribution in [1.82, 2.24) is 9.88 Å². The van der Waals surface area contributed by atoms with E-state index >= 15 is 0 Å². The maximum absolute atomic E-state index is 11.9. The van der Waals surface area contributed by atoms with Crippen LogP contribution in [0.25, 0.3) is 0 Å². The quantitative estimate of drug-likeness (QED) is 0.793. The smallest absolute Gasteiger partial charge is 0.267 e. The predicted molar refractivity (Wildman–Crippen MR) is 64.2 cm³/mol. The van der Waals surface area contributed by atoms with Crippen LogP contribution in [-0.2, 0) is 6.54 Å². The van der Waals surface area contributed by atoms with Crippen molar-refractivity contribution in [3.63, 3.8) is 0 Å². The molecule has 1 aliphatic carbocycles. The number of carbonyl (C=O) groups excluding carboxylic acids is 1. The van der Waals surface area contributed by atoms with E-state index in [1.165, 1.54) is 12.8 Å². The molecule has 1 aromatic heterocycles. The molecule has 0 spiro atoms. The summed E-state index contributed by atoms with van der Waals surface area (Å²) < 4.78 is 1.88. The number of nitrogens with two attached hydrogens (primary N) is 1. The maximum Gasteiger partial charge on any atom is 0.267 e. The zero-order valence-corrected chi connectivity index (χ0v) is 9.70. The lowest BCUT2D eigenvalue weighted by atomic mass is 10.3. The van der Waals surface area contributed by atoms with E-state index in [1.807, 2.05) is 11.5 Å². The third kappa shape index (κ3) is 2.56. The summed E-state index contributed by atoms with van der Waals surface area (Å²) in [5.41, 5.74) is 6.99. The highest BCUT2D eigenvalue weighted by Gasteiger charge is 2.21. The highest BCUT2D eigenvalue weighted by molar-refractivity contribution is 5.93. The van der Waals surface area contributed by atoms with Crippen LogP contribution in [-0.4, -0.2) is 17.0 Å². The Bertz CT molecular complexity index is 380. The Morgan fingerprint density at radius 2 is 2.38 bits per heavy atom.